The third-order valence-corrected chi connectivity index (χ3v) is 2.77. The summed E-state index contributed by atoms with van der Waals surface area (Å²) < 4.78 is 11.3. The largest absolute Gasteiger partial charge is 0.350 e. The summed E-state index contributed by atoms with van der Waals surface area (Å²) in [5.74, 6) is 0. The van der Waals surface area contributed by atoms with Crippen LogP contribution >= 0.6 is 0 Å². The quantitative estimate of drug-likeness (QED) is 0.702. The van der Waals surface area contributed by atoms with Crippen molar-refractivity contribution in [2.24, 2.45) is 0 Å². The molecule has 0 radical (unpaired) electrons. The zero-order valence-corrected chi connectivity index (χ0v) is 9.57. The molecule has 1 aliphatic heterocycles. The van der Waals surface area contributed by atoms with Crippen molar-refractivity contribution in [3.8, 4) is 0 Å². The number of hydrogen-bond donors (Lipinski definition) is 0. The van der Waals surface area contributed by atoms with E-state index in [2.05, 4.69) is 38.1 Å². The van der Waals surface area contributed by atoms with Gasteiger partial charge in [-0.1, -0.05) is 29.8 Å². The van der Waals surface area contributed by atoms with E-state index in [1.165, 1.54) is 11.1 Å². The van der Waals surface area contributed by atoms with E-state index in [4.69, 9.17) is 9.47 Å². The minimum absolute atomic E-state index is 0.0972. The van der Waals surface area contributed by atoms with E-state index < -0.39 is 0 Å². The van der Waals surface area contributed by atoms with E-state index in [0.717, 1.165) is 6.42 Å². The summed E-state index contributed by atoms with van der Waals surface area (Å²) in [6.45, 7) is 6.15. The molecule has 82 valence electrons. The first-order valence-corrected chi connectivity index (χ1v) is 5.52. The summed E-state index contributed by atoms with van der Waals surface area (Å²) in [6, 6.07) is 8.54. The third kappa shape index (κ3) is 2.58. The Morgan fingerprint density at radius 1 is 1.07 bits per heavy atom. The van der Waals surface area contributed by atoms with Crippen LogP contribution in [0.4, 0.5) is 0 Å². The zero-order valence-electron chi connectivity index (χ0n) is 9.57. The Morgan fingerprint density at radius 3 is 2.33 bits per heavy atom. The molecule has 1 aromatic rings. The lowest BCUT2D eigenvalue weighted by molar-refractivity contribution is -0.231. The molecule has 1 aromatic carbocycles. The smallest absolute Gasteiger partial charge is 0.155 e. The van der Waals surface area contributed by atoms with Crippen LogP contribution in [0.3, 0.4) is 0 Å². The van der Waals surface area contributed by atoms with E-state index >= 15 is 0 Å². The molecule has 0 bridgehead atoms. The van der Waals surface area contributed by atoms with Crippen molar-refractivity contribution in [1.82, 2.24) is 0 Å². The molecular weight excluding hydrogens is 188 g/mol. The molecule has 0 unspecified atom stereocenters. The zero-order chi connectivity index (χ0) is 10.8. The van der Waals surface area contributed by atoms with E-state index in [1.807, 2.05) is 6.92 Å². The number of aryl methyl sites for hydroxylation is 1. The van der Waals surface area contributed by atoms with Gasteiger partial charge in [-0.15, -0.1) is 0 Å². The predicted octanol–water partition coefficient (Wildman–Crippen LogP) is 3.21. The normalized spacial score (nSPS) is 31.5. The number of rotatable bonds is 1. The number of ether oxygens (including phenoxy) is 2. The van der Waals surface area contributed by atoms with Crippen molar-refractivity contribution >= 4 is 0 Å². The highest BCUT2D eigenvalue weighted by Gasteiger charge is 2.25. The Hall–Kier alpha value is -0.860. The summed E-state index contributed by atoms with van der Waals surface area (Å²) in [5, 5.41) is 0. The van der Waals surface area contributed by atoms with Crippen LogP contribution in [0.15, 0.2) is 24.3 Å². The lowest BCUT2D eigenvalue weighted by Gasteiger charge is -2.32. The first kappa shape index (κ1) is 10.7. The fourth-order valence-corrected chi connectivity index (χ4v) is 2.00. The highest BCUT2D eigenvalue weighted by Crippen LogP contribution is 2.30. The molecular formula is C13H18O2. The summed E-state index contributed by atoms with van der Waals surface area (Å²) in [5.41, 5.74) is 2.54. The fourth-order valence-electron chi connectivity index (χ4n) is 2.00. The molecule has 2 rings (SSSR count). The summed E-state index contributed by atoms with van der Waals surface area (Å²) in [7, 11) is 0. The van der Waals surface area contributed by atoms with Crippen LogP contribution < -0.4 is 0 Å². The molecule has 1 aliphatic rings. The van der Waals surface area contributed by atoms with E-state index in [1.54, 1.807) is 0 Å². The Bertz CT molecular complexity index is 308. The van der Waals surface area contributed by atoms with E-state index in [-0.39, 0.29) is 18.5 Å². The lowest BCUT2D eigenvalue weighted by atomic mass is 10.0. The maximum absolute atomic E-state index is 5.76. The van der Waals surface area contributed by atoms with Gasteiger partial charge in [-0.3, -0.25) is 0 Å². The molecule has 0 N–H and O–H groups in total. The summed E-state index contributed by atoms with van der Waals surface area (Å²) >= 11 is 0. The molecule has 0 aromatic heterocycles. The summed E-state index contributed by atoms with van der Waals surface area (Å²) in [6.07, 6.45) is 1.30. The molecule has 2 nitrogen and oxygen atoms in total. The van der Waals surface area contributed by atoms with Crippen molar-refractivity contribution in [2.45, 2.75) is 45.7 Å². The second kappa shape index (κ2) is 4.33. The number of benzene rings is 1. The molecule has 0 aliphatic carbocycles. The molecule has 2 heteroatoms. The van der Waals surface area contributed by atoms with Gasteiger partial charge in [-0.2, -0.15) is 0 Å². The molecule has 15 heavy (non-hydrogen) atoms. The molecule has 3 atom stereocenters. The molecule has 0 saturated carbocycles. The Kier molecular flexibility index (Phi) is 3.08. The second-order valence-electron chi connectivity index (χ2n) is 4.29. The van der Waals surface area contributed by atoms with E-state index in [9.17, 15) is 0 Å². The van der Waals surface area contributed by atoms with Gasteiger partial charge in [-0.25, -0.2) is 0 Å². The van der Waals surface area contributed by atoms with Crippen LogP contribution in [0.2, 0.25) is 0 Å². The van der Waals surface area contributed by atoms with Crippen LogP contribution in [-0.2, 0) is 9.47 Å². The molecule has 1 fully saturated rings. The Morgan fingerprint density at radius 2 is 1.73 bits per heavy atom. The molecule has 0 amide bonds. The summed E-state index contributed by atoms with van der Waals surface area (Å²) in [4.78, 5) is 0. The maximum Gasteiger partial charge on any atom is 0.155 e. The van der Waals surface area contributed by atoms with Gasteiger partial charge in [0.15, 0.2) is 6.29 Å². The molecule has 1 saturated heterocycles. The fraction of sp³-hybridized carbons (Fsp3) is 0.538. The third-order valence-electron chi connectivity index (χ3n) is 2.77. The topological polar surface area (TPSA) is 18.5 Å². The highest BCUT2D eigenvalue weighted by molar-refractivity contribution is 5.23. The van der Waals surface area contributed by atoms with Gasteiger partial charge in [0.1, 0.15) is 0 Å². The van der Waals surface area contributed by atoms with Crippen LogP contribution in [0, 0.1) is 6.92 Å². The highest BCUT2D eigenvalue weighted by atomic mass is 16.7. The van der Waals surface area contributed by atoms with Gasteiger partial charge in [0.25, 0.3) is 0 Å². The van der Waals surface area contributed by atoms with Crippen LogP contribution in [0.5, 0.6) is 0 Å². The van der Waals surface area contributed by atoms with Gasteiger partial charge < -0.3 is 9.47 Å². The first-order chi connectivity index (χ1) is 7.15. The standard InChI is InChI=1S/C13H18O2/c1-9-4-6-12(7-5-9)13-8-10(2)14-11(3)15-13/h4-7,10-11,13H,8H2,1-3H3/t10-,11-,13-/m0/s1. The van der Waals surface area contributed by atoms with Crippen LogP contribution in [0.1, 0.15) is 37.5 Å². The second-order valence-corrected chi connectivity index (χ2v) is 4.29. The minimum Gasteiger partial charge on any atom is -0.350 e. The van der Waals surface area contributed by atoms with Crippen LogP contribution in [0.25, 0.3) is 0 Å². The first-order valence-electron chi connectivity index (χ1n) is 5.52. The monoisotopic (exact) mass is 206 g/mol. The van der Waals surface area contributed by atoms with Crippen LogP contribution in [-0.4, -0.2) is 12.4 Å². The average molecular weight is 206 g/mol. The minimum atomic E-state index is -0.0972. The maximum atomic E-state index is 5.76. The van der Waals surface area contributed by atoms with Gasteiger partial charge in [-0.05, 0) is 26.3 Å². The van der Waals surface area contributed by atoms with Gasteiger partial charge in [0, 0.05) is 6.42 Å². The van der Waals surface area contributed by atoms with Crippen molar-refractivity contribution in [3.63, 3.8) is 0 Å². The van der Waals surface area contributed by atoms with Crippen molar-refractivity contribution in [2.75, 3.05) is 0 Å². The Balaban J connectivity index is 2.12. The lowest BCUT2D eigenvalue weighted by Crippen LogP contribution is -2.30. The molecule has 1 heterocycles. The van der Waals surface area contributed by atoms with Gasteiger partial charge in [0.05, 0.1) is 12.2 Å². The van der Waals surface area contributed by atoms with Crippen molar-refractivity contribution < 1.29 is 9.47 Å². The number of hydrogen-bond acceptors (Lipinski definition) is 2. The average Bonchev–Trinajstić information content (AvgIpc) is 2.17. The Labute approximate surface area is 91.2 Å². The predicted molar refractivity (Wildman–Crippen MR) is 59.6 cm³/mol. The van der Waals surface area contributed by atoms with E-state index in [0.29, 0.717) is 0 Å². The molecule has 0 spiro atoms. The SMILES string of the molecule is Cc1ccc([C@@H]2C[C@H](C)O[C@H](C)O2)cc1. The van der Waals surface area contributed by atoms with Crippen molar-refractivity contribution in [3.05, 3.63) is 35.4 Å². The van der Waals surface area contributed by atoms with Crippen molar-refractivity contribution in [1.29, 1.82) is 0 Å². The van der Waals surface area contributed by atoms with Gasteiger partial charge >= 0.3 is 0 Å². The van der Waals surface area contributed by atoms with Gasteiger partial charge in [0.2, 0.25) is 0 Å².